The molecule has 0 heterocycles. The third-order valence-electron chi connectivity index (χ3n) is 2.69. The maximum absolute atomic E-state index is 11.1. The summed E-state index contributed by atoms with van der Waals surface area (Å²) in [7, 11) is 0. The van der Waals surface area contributed by atoms with Crippen molar-refractivity contribution in [1.82, 2.24) is 0 Å². The first-order valence-electron chi connectivity index (χ1n) is 6.31. The normalized spacial score (nSPS) is 9.76. The van der Waals surface area contributed by atoms with Gasteiger partial charge < -0.3 is 9.47 Å². The standard InChI is InChI=1S/C17H14O4/c1-3-17(19)21-16-10-6-14(7-11-16)13-4-8-15(9-5-13)20-12(2)18/h3-11H,1H2,2H3. The van der Waals surface area contributed by atoms with Crippen molar-refractivity contribution in [2.24, 2.45) is 0 Å². The summed E-state index contributed by atoms with van der Waals surface area (Å²) in [4.78, 5) is 21.9. The third-order valence-corrected chi connectivity index (χ3v) is 2.69. The Labute approximate surface area is 122 Å². The highest BCUT2D eigenvalue weighted by molar-refractivity contribution is 5.83. The quantitative estimate of drug-likeness (QED) is 0.490. The lowest BCUT2D eigenvalue weighted by atomic mass is 10.1. The van der Waals surface area contributed by atoms with Gasteiger partial charge in [0, 0.05) is 13.0 Å². The molecule has 0 aliphatic rings. The van der Waals surface area contributed by atoms with E-state index in [9.17, 15) is 9.59 Å². The summed E-state index contributed by atoms with van der Waals surface area (Å²) in [6.45, 7) is 4.70. The number of benzene rings is 2. The lowest BCUT2D eigenvalue weighted by Gasteiger charge is -2.06. The largest absolute Gasteiger partial charge is 0.427 e. The highest BCUT2D eigenvalue weighted by atomic mass is 16.5. The van der Waals surface area contributed by atoms with Crippen LogP contribution in [0.4, 0.5) is 0 Å². The zero-order valence-electron chi connectivity index (χ0n) is 11.5. The molecule has 0 saturated heterocycles. The molecule has 0 aliphatic heterocycles. The molecule has 0 atom stereocenters. The van der Waals surface area contributed by atoms with Crippen molar-refractivity contribution in [3.63, 3.8) is 0 Å². The Bertz CT molecular complexity index is 654. The summed E-state index contributed by atoms with van der Waals surface area (Å²) in [5, 5.41) is 0. The van der Waals surface area contributed by atoms with Gasteiger partial charge in [0.2, 0.25) is 0 Å². The maximum Gasteiger partial charge on any atom is 0.335 e. The van der Waals surface area contributed by atoms with Crippen molar-refractivity contribution in [1.29, 1.82) is 0 Å². The average Bonchev–Trinajstić information content (AvgIpc) is 2.48. The van der Waals surface area contributed by atoms with Crippen molar-refractivity contribution in [2.75, 3.05) is 0 Å². The molecule has 0 aromatic heterocycles. The Morgan fingerprint density at radius 3 is 1.67 bits per heavy atom. The van der Waals surface area contributed by atoms with Crippen molar-refractivity contribution >= 4 is 11.9 Å². The van der Waals surface area contributed by atoms with Crippen LogP contribution in [-0.4, -0.2) is 11.9 Å². The van der Waals surface area contributed by atoms with Gasteiger partial charge in [-0.3, -0.25) is 4.79 Å². The number of hydrogen-bond acceptors (Lipinski definition) is 4. The Balaban J connectivity index is 2.13. The van der Waals surface area contributed by atoms with E-state index in [1.807, 2.05) is 24.3 Å². The van der Waals surface area contributed by atoms with Crippen molar-refractivity contribution < 1.29 is 19.1 Å². The molecule has 0 saturated carbocycles. The van der Waals surface area contributed by atoms with Gasteiger partial charge in [0.05, 0.1) is 0 Å². The fourth-order valence-corrected chi connectivity index (χ4v) is 1.75. The van der Waals surface area contributed by atoms with Crippen LogP contribution in [0.15, 0.2) is 61.2 Å². The van der Waals surface area contributed by atoms with E-state index in [0.29, 0.717) is 11.5 Å². The number of esters is 2. The highest BCUT2D eigenvalue weighted by Gasteiger charge is 2.03. The van der Waals surface area contributed by atoms with Crippen LogP contribution in [0.5, 0.6) is 11.5 Å². The van der Waals surface area contributed by atoms with Gasteiger partial charge >= 0.3 is 11.9 Å². The summed E-state index contributed by atoms with van der Waals surface area (Å²) >= 11 is 0. The van der Waals surface area contributed by atoms with Gasteiger partial charge in [-0.2, -0.15) is 0 Å². The van der Waals surface area contributed by atoms with E-state index >= 15 is 0 Å². The summed E-state index contributed by atoms with van der Waals surface area (Å²) in [5.41, 5.74) is 1.93. The first-order valence-corrected chi connectivity index (χ1v) is 6.31. The van der Waals surface area contributed by atoms with Gasteiger partial charge in [0.1, 0.15) is 11.5 Å². The van der Waals surface area contributed by atoms with Crippen LogP contribution in [0.1, 0.15) is 6.92 Å². The summed E-state index contributed by atoms with van der Waals surface area (Å²) in [6.07, 6.45) is 1.11. The van der Waals surface area contributed by atoms with Crippen molar-refractivity contribution in [2.45, 2.75) is 6.92 Å². The van der Waals surface area contributed by atoms with Gasteiger partial charge in [-0.1, -0.05) is 30.8 Å². The molecule has 0 unspecified atom stereocenters. The van der Waals surface area contributed by atoms with Crippen LogP contribution in [0.3, 0.4) is 0 Å². The molecule has 2 rings (SSSR count). The molecule has 0 aliphatic carbocycles. The fraction of sp³-hybridized carbons (Fsp3) is 0.0588. The topological polar surface area (TPSA) is 52.6 Å². The van der Waals surface area contributed by atoms with Gasteiger partial charge in [-0.25, -0.2) is 4.79 Å². The smallest absolute Gasteiger partial charge is 0.335 e. The highest BCUT2D eigenvalue weighted by Crippen LogP contribution is 2.24. The summed E-state index contributed by atoms with van der Waals surface area (Å²) in [6, 6.07) is 14.2. The van der Waals surface area contributed by atoms with Crippen molar-refractivity contribution in [3.05, 3.63) is 61.2 Å². The predicted molar refractivity (Wildman–Crippen MR) is 79.0 cm³/mol. The summed E-state index contributed by atoms with van der Waals surface area (Å²) < 4.78 is 9.98. The number of ether oxygens (including phenoxy) is 2. The van der Waals surface area contributed by atoms with E-state index in [1.165, 1.54) is 6.92 Å². The minimum atomic E-state index is -0.492. The lowest BCUT2D eigenvalue weighted by molar-refractivity contribution is -0.132. The maximum atomic E-state index is 11.1. The van der Waals surface area contributed by atoms with Crippen molar-refractivity contribution in [3.8, 4) is 22.6 Å². The van der Waals surface area contributed by atoms with E-state index in [0.717, 1.165) is 17.2 Å². The molecule has 0 radical (unpaired) electrons. The minimum Gasteiger partial charge on any atom is -0.427 e. The zero-order valence-corrected chi connectivity index (χ0v) is 11.5. The van der Waals surface area contributed by atoms with Gasteiger partial charge in [-0.05, 0) is 35.4 Å². The first-order chi connectivity index (χ1) is 10.1. The van der Waals surface area contributed by atoms with Gasteiger partial charge in [0.15, 0.2) is 0 Å². The molecule has 0 amide bonds. The fourth-order valence-electron chi connectivity index (χ4n) is 1.75. The Hall–Kier alpha value is -2.88. The van der Waals surface area contributed by atoms with Gasteiger partial charge in [-0.15, -0.1) is 0 Å². The van der Waals surface area contributed by atoms with E-state index in [2.05, 4.69) is 6.58 Å². The third kappa shape index (κ3) is 4.04. The molecule has 0 N–H and O–H groups in total. The van der Waals surface area contributed by atoms with Gasteiger partial charge in [0.25, 0.3) is 0 Å². The number of rotatable bonds is 4. The average molecular weight is 282 g/mol. The van der Waals surface area contributed by atoms with Crippen LogP contribution in [-0.2, 0) is 9.59 Å². The predicted octanol–water partition coefficient (Wildman–Crippen LogP) is 3.37. The second-order valence-corrected chi connectivity index (χ2v) is 4.27. The number of carbonyl (C=O) groups excluding carboxylic acids is 2. The lowest BCUT2D eigenvalue weighted by Crippen LogP contribution is -2.02. The van der Waals surface area contributed by atoms with Crippen LogP contribution in [0.25, 0.3) is 11.1 Å². The summed E-state index contributed by atoms with van der Waals surface area (Å²) in [5.74, 6) is 0.118. The molecule has 4 nitrogen and oxygen atoms in total. The molecule has 0 spiro atoms. The minimum absolute atomic E-state index is 0.351. The second kappa shape index (κ2) is 6.52. The molecule has 4 heteroatoms. The molecular weight excluding hydrogens is 268 g/mol. The number of carbonyl (C=O) groups is 2. The molecule has 0 bridgehead atoms. The number of hydrogen-bond donors (Lipinski definition) is 0. The van der Waals surface area contributed by atoms with E-state index in [-0.39, 0.29) is 5.97 Å². The molecule has 2 aromatic carbocycles. The van der Waals surface area contributed by atoms with E-state index < -0.39 is 5.97 Å². The Morgan fingerprint density at radius 2 is 1.29 bits per heavy atom. The second-order valence-electron chi connectivity index (χ2n) is 4.27. The zero-order chi connectivity index (χ0) is 15.2. The van der Waals surface area contributed by atoms with Crippen LogP contribution in [0.2, 0.25) is 0 Å². The van der Waals surface area contributed by atoms with E-state index in [4.69, 9.17) is 9.47 Å². The molecule has 21 heavy (non-hydrogen) atoms. The molecular formula is C17H14O4. The molecule has 106 valence electrons. The first kappa shape index (κ1) is 14.5. The van der Waals surface area contributed by atoms with Crippen LogP contribution >= 0.6 is 0 Å². The molecule has 2 aromatic rings. The van der Waals surface area contributed by atoms with E-state index in [1.54, 1.807) is 24.3 Å². The van der Waals surface area contributed by atoms with Crippen LogP contribution in [0, 0.1) is 0 Å². The SMILES string of the molecule is C=CC(=O)Oc1ccc(-c2ccc(OC(C)=O)cc2)cc1. The monoisotopic (exact) mass is 282 g/mol. The Morgan fingerprint density at radius 1 is 0.857 bits per heavy atom. The van der Waals surface area contributed by atoms with Crippen LogP contribution < -0.4 is 9.47 Å². The Kier molecular flexibility index (Phi) is 4.51. The molecule has 0 fully saturated rings.